The van der Waals surface area contributed by atoms with E-state index in [2.05, 4.69) is 111 Å². The number of alkyl halides is 3. The monoisotopic (exact) mass is 1730 g/mol. The van der Waals surface area contributed by atoms with E-state index < -0.39 is 22.7 Å². The van der Waals surface area contributed by atoms with Crippen molar-refractivity contribution in [2.75, 3.05) is 26.4 Å². The molecule has 0 bridgehead atoms. The normalized spacial score (nSPS) is 12.8. The van der Waals surface area contributed by atoms with Gasteiger partial charge in [-0.2, -0.15) is 21.6 Å². The van der Waals surface area contributed by atoms with Crippen molar-refractivity contribution in [3.05, 3.63) is 322 Å². The molecule has 0 radical (unpaired) electrons. The van der Waals surface area contributed by atoms with Gasteiger partial charge in [0.05, 0.1) is 53.0 Å². The van der Waals surface area contributed by atoms with E-state index in [0.29, 0.717) is 76.7 Å². The maximum atomic E-state index is 13.2. The van der Waals surface area contributed by atoms with Gasteiger partial charge < -0.3 is 48.5 Å². The molecule has 0 atom stereocenters. The third-order valence-electron chi connectivity index (χ3n) is 23.0. The number of phenols is 3. The molecule has 0 unspecified atom stereocenters. The summed E-state index contributed by atoms with van der Waals surface area (Å²) in [6.07, 6.45) is 12.4. The summed E-state index contributed by atoms with van der Waals surface area (Å²) < 4.78 is 91.9. The van der Waals surface area contributed by atoms with Crippen LogP contribution in [0, 0.1) is 34.6 Å². The van der Waals surface area contributed by atoms with Crippen molar-refractivity contribution in [3.8, 4) is 79.4 Å². The highest BCUT2D eigenvalue weighted by Gasteiger charge is 2.49. The van der Waals surface area contributed by atoms with Gasteiger partial charge in [0.25, 0.3) is 0 Å². The van der Waals surface area contributed by atoms with Gasteiger partial charge in [-0.25, -0.2) is 0 Å². The van der Waals surface area contributed by atoms with Gasteiger partial charge in [0, 0.05) is 105 Å². The van der Waals surface area contributed by atoms with Crippen molar-refractivity contribution < 1.29 is 70.1 Å². The number of aromatic hydroxyl groups is 3. The molecule has 0 saturated carbocycles. The van der Waals surface area contributed by atoms with Crippen molar-refractivity contribution in [2.45, 2.75) is 65.8 Å². The van der Waals surface area contributed by atoms with Crippen LogP contribution < -0.4 is 28.6 Å². The zero-order valence-corrected chi connectivity index (χ0v) is 70.5. The number of hydrogen-bond donors (Lipinski definition) is 5. The molecule has 0 amide bonds. The Bertz CT molecular complexity index is 7380. The van der Waals surface area contributed by atoms with Gasteiger partial charge in [0.1, 0.15) is 40.2 Å². The molecule has 0 saturated heterocycles. The number of nitrogens with zero attached hydrogens (tertiary/aromatic N) is 4. The van der Waals surface area contributed by atoms with Crippen LogP contribution in [-0.2, 0) is 35.8 Å². The molecule has 124 heavy (non-hydrogen) atoms. The Morgan fingerprint density at radius 3 is 1.21 bits per heavy atom. The van der Waals surface area contributed by atoms with E-state index in [1.165, 1.54) is 50.9 Å². The molecule has 22 heteroatoms. The second-order valence-corrected chi connectivity index (χ2v) is 33.1. The summed E-state index contributed by atoms with van der Waals surface area (Å²) in [6, 6.07) is 74.4. The van der Waals surface area contributed by atoms with Crippen LogP contribution in [-0.4, -0.2) is 92.8 Å². The molecule has 618 valence electrons. The maximum absolute atomic E-state index is 13.2. The van der Waals surface area contributed by atoms with Crippen LogP contribution in [0.15, 0.2) is 266 Å². The molecule has 18 aromatic rings. The van der Waals surface area contributed by atoms with Crippen LogP contribution in [0.2, 0.25) is 0 Å². The summed E-state index contributed by atoms with van der Waals surface area (Å²) in [7, 11) is -7.38. The highest BCUT2D eigenvalue weighted by Crippen LogP contribution is 2.50. The first-order valence-corrected chi connectivity index (χ1v) is 42.6. The molecule has 0 spiro atoms. The zero-order valence-electron chi connectivity index (χ0n) is 68.1. The number of ether oxygens (including phenoxy) is 4. The fraction of sp³-hybridized carbons (Fsp3) is 0.137. The van der Waals surface area contributed by atoms with Gasteiger partial charge >= 0.3 is 22.7 Å². The number of phenolic OH excluding ortho intramolecular Hbond substituents is 3. The Labute approximate surface area is 721 Å². The number of fused-ring (bicyclic) bond motifs is 5. The topological polar surface area (TPSA) is 233 Å². The fourth-order valence-corrected chi connectivity index (χ4v) is 18.2. The first kappa shape index (κ1) is 82.7. The van der Waals surface area contributed by atoms with Crippen LogP contribution >= 0.6 is 15.9 Å². The van der Waals surface area contributed by atoms with Gasteiger partial charge in [0.2, 0.25) is 0 Å². The van der Waals surface area contributed by atoms with Crippen molar-refractivity contribution in [1.29, 1.82) is 0 Å². The van der Waals surface area contributed by atoms with E-state index in [-0.39, 0.29) is 16.9 Å². The minimum Gasteiger partial charge on any atom is -0.508 e. The summed E-state index contributed by atoms with van der Waals surface area (Å²) in [4.78, 5) is 18.1. The summed E-state index contributed by atoms with van der Waals surface area (Å²) >= 11 is 3.38. The van der Waals surface area contributed by atoms with Gasteiger partial charge in [-0.1, -0.05) is 146 Å². The van der Waals surface area contributed by atoms with E-state index in [1.807, 2.05) is 142 Å². The Morgan fingerprint density at radius 1 is 0.411 bits per heavy atom. The second kappa shape index (κ2) is 34.3. The number of aromatic nitrogens is 4. The molecule has 16 nitrogen and oxygen atoms in total. The fourth-order valence-electron chi connectivity index (χ4n) is 17.0. The molecule has 4 aliphatic rings. The van der Waals surface area contributed by atoms with E-state index in [0.717, 1.165) is 157 Å². The first-order chi connectivity index (χ1) is 59.9. The molecule has 0 aliphatic carbocycles. The van der Waals surface area contributed by atoms with Crippen molar-refractivity contribution in [3.63, 3.8) is 0 Å². The molecular formula is C102H81BBrF3N4O12S. The van der Waals surface area contributed by atoms with Crippen LogP contribution in [0.1, 0.15) is 55.6 Å². The van der Waals surface area contributed by atoms with Gasteiger partial charge in [0.15, 0.2) is 5.75 Å². The lowest BCUT2D eigenvalue weighted by Gasteiger charge is -2.22. The number of aryl methyl sites for hydroxylation is 5. The summed E-state index contributed by atoms with van der Waals surface area (Å²) in [5, 5.41) is 62.7. The minimum atomic E-state index is -5.88. The third-order valence-corrected chi connectivity index (χ3v) is 24.7. The standard InChI is InChI=1S/C24H19NO.C23H16F3NO4S.C22H17NO2.C11H10BNO3.C11H9BrO.C11H10O/c1-3-18-15(2)14-17-6-4-5-7-19(17)23(18)20-8-9-21-22-16(11-13-26-21)10-12-25-24(20)22;1-13-12-15-4-2-3-5-16(15)20(22(13)31-32(28,29)23(24,25)26)17-6-7-18-19-14(9-11-30-18)8-10-27-21(17)19;1-13-12-15-4-2-3-5-16(15)20(22(13)24)17-6-7-18-19-14(9-11-25-18)8-10-23-21(17)19;14-12(15)8-1-2-9-10-7(4-6-16-9)3-5-13-11(8)10;1-7-6-8-4-2-3-5-9(8)10(12)11(7)13;1-8-6-9-4-2-3-5-10(9)7-11(8)12/h3-10,12,14H,1,11,13H2,2H3;2-8,10,12H,9,11H2,1H3;2-8,10,12,24H,9,11H2,1H3;1-3,5,14-15H,4,6H2;2-6,13H,1H3;2-7,12H,1H3. The molecule has 4 aromatic heterocycles. The molecule has 0 fully saturated rings. The molecule has 22 rings (SSSR count). The number of halogens is 4. The quantitative estimate of drug-likeness (QED) is 0.0567. The maximum Gasteiger partial charge on any atom is 0.534 e. The molecule has 5 N–H and O–H groups in total. The lowest BCUT2D eigenvalue weighted by Crippen LogP contribution is -2.31. The molecular weight excluding hydrogens is 1650 g/mol. The predicted octanol–water partition coefficient (Wildman–Crippen LogP) is 22.8. The molecule has 8 heterocycles. The summed E-state index contributed by atoms with van der Waals surface area (Å²) in [5.41, 5.74) is 12.8. The Hall–Kier alpha value is -13.6. The van der Waals surface area contributed by atoms with Crippen LogP contribution in [0.5, 0.6) is 46.0 Å². The van der Waals surface area contributed by atoms with Crippen LogP contribution in [0.4, 0.5) is 13.2 Å². The van der Waals surface area contributed by atoms with Crippen molar-refractivity contribution in [1.82, 2.24) is 19.9 Å². The van der Waals surface area contributed by atoms with Crippen LogP contribution in [0.25, 0.3) is 137 Å². The average Bonchev–Trinajstić information content (AvgIpc) is 0.765. The zero-order chi connectivity index (χ0) is 86.4. The van der Waals surface area contributed by atoms with Gasteiger partial charge in [-0.05, 0) is 263 Å². The van der Waals surface area contributed by atoms with Crippen molar-refractivity contribution >= 4 is 142 Å². The Balaban J connectivity index is 0.000000109. The Kier molecular flexibility index (Phi) is 22.9. The van der Waals surface area contributed by atoms with Gasteiger partial charge in [-0.15, -0.1) is 0 Å². The third kappa shape index (κ3) is 15.8. The number of pyridine rings is 4. The number of benzene rings is 14. The largest absolute Gasteiger partial charge is 0.534 e. The lowest BCUT2D eigenvalue weighted by atomic mass is 9.78. The average molecular weight is 1730 g/mol. The number of rotatable bonds is 7. The highest BCUT2D eigenvalue weighted by molar-refractivity contribution is 9.10. The van der Waals surface area contributed by atoms with Crippen LogP contribution in [0.3, 0.4) is 0 Å². The molecule has 14 aromatic carbocycles. The smallest absolute Gasteiger partial charge is 0.508 e. The van der Waals surface area contributed by atoms with E-state index in [1.54, 1.807) is 73.1 Å². The summed E-state index contributed by atoms with van der Waals surface area (Å²) in [5.74, 6) is 3.86. The second-order valence-electron chi connectivity index (χ2n) is 30.7. The van der Waals surface area contributed by atoms with Gasteiger partial charge in [-0.3, -0.25) is 19.9 Å². The van der Waals surface area contributed by atoms with E-state index >= 15 is 0 Å². The summed E-state index contributed by atoms with van der Waals surface area (Å²) in [6.45, 7) is 16.1. The van der Waals surface area contributed by atoms with E-state index in [4.69, 9.17) is 28.1 Å². The number of hydrogen-bond acceptors (Lipinski definition) is 16. The lowest BCUT2D eigenvalue weighted by molar-refractivity contribution is -0.0500. The molecule has 4 aliphatic heterocycles. The highest BCUT2D eigenvalue weighted by atomic mass is 79.9. The first-order valence-electron chi connectivity index (χ1n) is 40.4. The van der Waals surface area contributed by atoms with Crippen molar-refractivity contribution in [2.24, 2.45) is 0 Å². The minimum absolute atomic E-state index is 0.232. The predicted molar refractivity (Wildman–Crippen MR) is 492 cm³/mol. The Morgan fingerprint density at radius 2 is 0.758 bits per heavy atom. The van der Waals surface area contributed by atoms with E-state index in [9.17, 15) is 47.0 Å². The SMILES string of the molecule is C=Cc1c(C)cc2ccccc2c1-c1ccc2c3c(ccnc13)CCO2.Cc1cc2ccccc2c(-c2ccc3c4c(ccnc24)CCO3)c1O.Cc1cc2ccccc2c(-c2ccc3c4c(ccnc24)CCO3)c1OS(=O)(=O)C(F)(F)F.Cc1cc2ccccc2c(Br)c1O.Cc1cc2ccccc2cc1O.OB(O)c1ccc2c3c(ccnc13)CCO2.